The second-order valence-electron chi connectivity index (χ2n) is 4.39. The predicted octanol–water partition coefficient (Wildman–Crippen LogP) is 1.71. The molecule has 2 heterocycles. The maximum Gasteiger partial charge on any atom is 0.123 e. The summed E-state index contributed by atoms with van der Waals surface area (Å²) in [5.41, 5.74) is 9.45. The molecule has 1 aromatic carbocycles. The summed E-state index contributed by atoms with van der Waals surface area (Å²) in [5.74, 6) is -0.253. The van der Waals surface area contributed by atoms with Crippen LogP contribution < -0.4 is 5.73 Å². The van der Waals surface area contributed by atoms with Gasteiger partial charge in [-0.05, 0) is 24.3 Å². The summed E-state index contributed by atoms with van der Waals surface area (Å²) in [6.45, 7) is 0.730. The number of rotatable bonds is 1. The molecule has 1 aromatic heterocycles. The summed E-state index contributed by atoms with van der Waals surface area (Å²) in [4.78, 5) is 2.00. The van der Waals surface area contributed by atoms with Gasteiger partial charge in [-0.25, -0.2) is 9.07 Å². The van der Waals surface area contributed by atoms with Gasteiger partial charge < -0.3 is 10.6 Å². The van der Waals surface area contributed by atoms with Crippen LogP contribution in [0, 0.1) is 5.82 Å². The molecular formula is C13H13FN4. The molecule has 0 bridgehead atoms. The predicted molar refractivity (Wildman–Crippen MR) is 67.2 cm³/mol. The molecule has 0 saturated carbocycles. The standard InChI is InChI=1S/C13H13FN4/c1-17-7-12(15)11-6-16-18(13(11)8-17)10-4-2-9(14)3-5-10/h2-7H,8,15H2,1H3. The van der Waals surface area contributed by atoms with Crippen molar-refractivity contribution in [3.63, 3.8) is 0 Å². The molecule has 18 heavy (non-hydrogen) atoms. The summed E-state index contributed by atoms with van der Waals surface area (Å²) < 4.78 is 14.7. The molecule has 5 heteroatoms. The average Bonchev–Trinajstić information content (AvgIpc) is 2.74. The Hall–Kier alpha value is -2.30. The molecule has 0 fully saturated rings. The smallest absolute Gasteiger partial charge is 0.123 e. The molecule has 0 saturated heterocycles. The lowest BCUT2D eigenvalue weighted by atomic mass is 10.1. The number of benzene rings is 1. The fraction of sp³-hybridized carbons (Fsp3) is 0.154. The van der Waals surface area contributed by atoms with Crippen LogP contribution >= 0.6 is 0 Å². The van der Waals surface area contributed by atoms with Crippen LogP contribution in [-0.4, -0.2) is 21.7 Å². The second kappa shape index (κ2) is 3.87. The van der Waals surface area contributed by atoms with Gasteiger partial charge in [-0.1, -0.05) is 0 Å². The molecule has 1 aliphatic heterocycles. The van der Waals surface area contributed by atoms with E-state index in [1.807, 2.05) is 18.1 Å². The molecule has 2 N–H and O–H groups in total. The zero-order valence-electron chi connectivity index (χ0n) is 9.97. The first kappa shape index (κ1) is 10.8. The lowest BCUT2D eigenvalue weighted by molar-refractivity contribution is 0.431. The maximum atomic E-state index is 12.9. The van der Waals surface area contributed by atoms with Gasteiger partial charge in [0.1, 0.15) is 5.82 Å². The minimum absolute atomic E-state index is 0.253. The largest absolute Gasteiger partial charge is 0.397 e. The van der Waals surface area contributed by atoms with E-state index < -0.39 is 0 Å². The van der Waals surface area contributed by atoms with E-state index in [2.05, 4.69) is 5.10 Å². The molecule has 0 radical (unpaired) electrons. The number of fused-ring (bicyclic) bond motifs is 1. The number of nitrogens with zero attached hydrogens (tertiary/aromatic N) is 3. The molecule has 2 aromatic rings. The first-order valence-electron chi connectivity index (χ1n) is 5.66. The second-order valence-corrected chi connectivity index (χ2v) is 4.39. The third-order valence-electron chi connectivity index (χ3n) is 3.01. The molecule has 92 valence electrons. The van der Waals surface area contributed by atoms with Crippen molar-refractivity contribution in [3.05, 3.63) is 53.7 Å². The zero-order valence-corrected chi connectivity index (χ0v) is 9.97. The van der Waals surface area contributed by atoms with E-state index in [9.17, 15) is 4.39 Å². The fourth-order valence-corrected chi connectivity index (χ4v) is 2.16. The highest BCUT2D eigenvalue weighted by Crippen LogP contribution is 2.24. The van der Waals surface area contributed by atoms with E-state index in [0.717, 1.165) is 23.5 Å². The Labute approximate surface area is 104 Å². The molecule has 3 rings (SSSR count). The molecule has 0 unspecified atom stereocenters. The van der Waals surface area contributed by atoms with Gasteiger partial charge in [-0.3, -0.25) is 0 Å². The Kier molecular flexibility index (Phi) is 2.33. The monoisotopic (exact) mass is 244 g/mol. The van der Waals surface area contributed by atoms with Crippen molar-refractivity contribution in [1.29, 1.82) is 0 Å². The van der Waals surface area contributed by atoms with Crippen molar-refractivity contribution >= 4 is 5.70 Å². The Morgan fingerprint density at radius 3 is 2.72 bits per heavy atom. The summed E-state index contributed by atoms with van der Waals surface area (Å²) in [5, 5.41) is 4.33. The SMILES string of the molecule is CN1C=C(N)c2cnn(-c3ccc(F)cc3)c2C1. The summed E-state index contributed by atoms with van der Waals surface area (Å²) in [6, 6.07) is 6.26. The van der Waals surface area contributed by atoms with Gasteiger partial charge in [-0.15, -0.1) is 0 Å². The topological polar surface area (TPSA) is 47.1 Å². The normalized spacial score (nSPS) is 14.3. The van der Waals surface area contributed by atoms with Gasteiger partial charge >= 0.3 is 0 Å². The zero-order chi connectivity index (χ0) is 12.7. The third-order valence-corrected chi connectivity index (χ3v) is 3.01. The summed E-state index contributed by atoms with van der Waals surface area (Å²) >= 11 is 0. The highest BCUT2D eigenvalue weighted by molar-refractivity contribution is 5.66. The van der Waals surface area contributed by atoms with Crippen molar-refractivity contribution in [1.82, 2.24) is 14.7 Å². The van der Waals surface area contributed by atoms with Crippen LogP contribution in [0.15, 0.2) is 36.7 Å². The molecule has 1 aliphatic rings. The van der Waals surface area contributed by atoms with E-state index in [1.165, 1.54) is 12.1 Å². The van der Waals surface area contributed by atoms with Crippen LogP contribution in [0.5, 0.6) is 0 Å². The first-order valence-corrected chi connectivity index (χ1v) is 5.66. The average molecular weight is 244 g/mol. The maximum absolute atomic E-state index is 12.9. The minimum Gasteiger partial charge on any atom is -0.397 e. The van der Waals surface area contributed by atoms with Gasteiger partial charge in [0.05, 0.1) is 29.8 Å². The van der Waals surface area contributed by atoms with Crippen LogP contribution in [0.4, 0.5) is 4.39 Å². The quantitative estimate of drug-likeness (QED) is 0.830. The van der Waals surface area contributed by atoms with Gasteiger partial charge in [0, 0.05) is 18.8 Å². The number of nitrogens with two attached hydrogens (primary N) is 1. The van der Waals surface area contributed by atoms with Gasteiger partial charge in [0.15, 0.2) is 0 Å². The van der Waals surface area contributed by atoms with Crippen LogP contribution in [0.2, 0.25) is 0 Å². The van der Waals surface area contributed by atoms with Crippen molar-refractivity contribution in [2.24, 2.45) is 5.73 Å². The number of aromatic nitrogens is 2. The Bertz CT molecular complexity index is 612. The van der Waals surface area contributed by atoms with Crippen molar-refractivity contribution < 1.29 is 4.39 Å². The highest BCUT2D eigenvalue weighted by Gasteiger charge is 2.19. The molecule has 0 atom stereocenters. The first-order chi connectivity index (χ1) is 8.65. The van der Waals surface area contributed by atoms with Crippen molar-refractivity contribution in [3.8, 4) is 5.69 Å². The minimum atomic E-state index is -0.253. The van der Waals surface area contributed by atoms with Crippen LogP contribution in [0.1, 0.15) is 11.3 Å². The molecule has 4 nitrogen and oxygen atoms in total. The molecular weight excluding hydrogens is 231 g/mol. The van der Waals surface area contributed by atoms with Crippen LogP contribution in [0.25, 0.3) is 11.4 Å². The van der Waals surface area contributed by atoms with E-state index in [1.54, 1.807) is 23.0 Å². The van der Waals surface area contributed by atoms with Crippen LogP contribution in [0.3, 0.4) is 0 Å². The van der Waals surface area contributed by atoms with Gasteiger partial charge in [0.2, 0.25) is 0 Å². The van der Waals surface area contributed by atoms with E-state index in [0.29, 0.717) is 5.70 Å². The number of hydrogen-bond acceptors (Lipinski definition) is 3. The lowest BCUT2D eigenvalue weighted by Gasteiger charge is -2.22. The van der Waals surface area contributed by atoms with E-state index >= 15 is 0 Å². The third kappa shape index (κ3) is 1.64. The molecule has 0 spiro atoms. The van der Waals surface area contributed by atoms with Gasteiger partial charge in [0.25, 0.3) is 0 Å². The van der Waals surface area contributed by atoms with E-state index in [-0.39, 0.29) is 5.82 Å². The molecule has 0 amide bonds. The van der Waals surface area contributed by atoms with E-state index in [4.69, 9.17) is 5.73 Å². The number of hydrogen-bond donors (Lipinski definition) is 1. The van der Waals surface area contributed by atoms with Gasteiger partial charge in [-0.2, -0.15) is 5.10 Å². The lowest BCUT2D eigenvalue weighted by Crippen LogP contribution is -2.21. The fourth-order valence-electron chi connectivity index (χ4n) is 2.16. The Morgan fingerprint density at radius 1 is 1.28 bits per heavy atom. The Balaban J connectivity index is 2.11. The Morgan fingerprint density at radius 2 is 2.00 bits per heavy atom. The van der Waals surface area contributed by atoms with Crippen molar-refractivity contribution in [2.45, 2.75) is 6.54 Å². The molecule has 0 aliphatic carbocycles. The number of halogens is 1. The summed E-state index contributed by atoms with van der Waals surface area (Å²) in [6.07, 6.45) is 3.64. The summed E-state index contributed by atoms with van der Waals surface area (Å²) in [7, 11) is 1.96. The highest BCUT2D eigenvalue weighted by atomic mass is 19.1. The van der Waals surface area contributed by atoms with Crippen molar-refractivity contribution in [2.75, 3.05) is 7.05 Å². The van der Waals surface area contributed by atoms with Crippen LogP contribution in [-0.2, 0) is 6.54 Å².